The molecule has 0 aliphatic rings. The van der Waals surface area contributed by atoms with Crippen molar-refractivity contribution in [2.75, 3.05) is 6.54 Å². The average molecular weight is 208 g/mol. The predicted octanol–water partition coefficient (Wildman–Crippen LogP) is 3.18. The molecule has 0 saturated carbocycles. The molecule has 0 fully saturated rings. The third-order valence-corrected chi connectivity index (χ3v) is 2.66. The Morgan fingerprint density at radius 3 is 2.80 bits per heavy atom. The van der Waals surface area contributed by atoms with E-state index in [-0.39, 0.29) is 0 Å². The summed E-state index contributed by atoms with van der Waals surface area (Å²) in [5, 5.41) is 3.34. The highest BCUT2D eigenvalue weighted by Gasteiger charge is 1.95. The quantitative estimate of drug-likeness (QED) is 0.649. The zero-order valence-electron chi connectivity index (χ0n) is 10.1. The van der Waals surface area contributed by atoms with Gasteiger partial charge in [0, 0.05) is 25.5 Å². The van der Waals surface area contributed by atoms with Crippen LogP contribution in [0.3, 0.4) is 0 Å². The summed E-state index contributed by atoms with van der Waals surface area (Å²) in [6, 6.07) is 2.21. The van der Waals surface area contributed by atoms with Crippen LogP contribution >= 0.6 is 0 Å². The van der Waals surface area contributed by atoms with Crippen LogP contribution in [0.4, 0.5) is 0 Å². The third kappa shape index (κ3) is 5.03. The predicted molar refractivity (Wildman–Crippen MR) is 66.0 cm³/mol. The normalized spacial score (nSPS) is 10.8. The Bertz CT molecular complexity index is 253. The van der Waals surface area contributed by atoms with Crippen LogP contribution in [-0.4, -0.2) is 11.1 Å². The van der Waals surface area contributed by atoms with E-state index in [9.17, 15) is 0 Å². The number of aryl methyl sites for hydroxylation is 1. The summed E-state index contributed by atoms with van der Waals surface area (Å²) in [5.41, 5.74) is 1.40. The Hall–Kier alpha value is -0.760. The second-order valence-electron chi connectivity index (χ2n) is 4.10. The van der Waals surface area contributed by atoms with Crippen molar-refractivity contribution < 1.29 is 0 Å². The monoisotopic (exact) mass is 208 g/mol. The van der Waals surface area contributed by atoms with E-state index >= 15 is 0 Å². The number of hydrogen-bond acceptors (Lipinski definition) is 1. The van der Waals surface area contributed by atoms with E-state index in [0.717, 1.165) is 13.1 Å². The minimum absolute atomic E-state index is 0.998. The van der Waals surface area contributed by atoms with E-state index in [1.54, 1.807) is 0 Å². The van der Waals surface area contributed by atoms with Gasteiger partial charge < -0.3 is 9.88 Å². The van der Waals surface area contributed by atoms with Crippen molar-refractivity contribution in [3.05, 3.63) is 24.0 Å². The molecule has 0 spiro atoms. The molecule has 1 heterocycles. The topological polar surface area (TPSA) is 17.0 Å². The molecule has 2 heteroatoms. The smallest absolute Gasteiger partial charge is 0.0220 e. The zero-order valence-corrected chi connectivity index (χ0v) is 10.1. The maximum Gasteiger partial charge on any atom is 0.0220 e. The molecule has 2 nitrogen and oxygen atoms in total. The van der Waals surface area contributed by atoms with Gasteiger partial charge in [-0.15, -0.1) is 0 Å². The number of hydrogen-bond donors (Lipinski definition) is 1. The summed E-state index contributed by atoms with van der Waals surface area (Å²) in [6.45, 7) is 7.61. The van der Waals surface area contributed by atoms with Gasteiger partial charge in [-0.1, -0.05) is 33.1 Å². The van der Waals surface area contributed by atoms with E-state index in [0.29, 0.717) is 0 Å². The zero-order chi connectivity index (χ0) is 10.9. The van der Waals surface area contributed by atoms with Crippen molar-refractivity contribution in [3.8, 4) is 0 Å². The number of nitrogens with one attached hydrogen (secondary N) is 1. The fourth-order valence-corrected chi connectivity index (χ4v) is 1.72. The lowest BCUT2D eigenvalue weighted by Crippen LogP contribution is -2.11. The molecule has 1 aromatic heterocycles. The minimum Gasteiger partial charge on any atom is -0.354 e. The summed E-state index contributed by atoms with van der Waals surface area (Å²) >= 11 is 0. The lowest BCUT2D eigenvalue weighted by molar-refractivity contribution is 0.583. The van der Waals surface area contributed by atoms with Crippen LogP contribution in [0, 0.1) is 0 Å². The van der Waals surface area contributed by atoms with Gasteiger partial charge in [-0.2, -0.15) is 0 Å². The van der Waals surface area contributed by atoms with Crippen LogP contribution in [0.15, 0.2) is 18.5 Å². The lowest BCUT2D eigenvalue weighted by atomic mass is 10.2. The Balaban J connectivity index is 2.20. The van der Waals surface area contributed by atoms with Crippen molar-refractivity contribution in [1.82, 2.24) is 9.88 Å². The summed E-state index contributed by atoms with van der Waals surface area (Å²) in [4.78, 5) is 0. The first-order valence-electron chi connectivity index (χ1n) is 6.22. The maximum atomic E-state index is 3.34. The Kier molecular flexibility index (Phi) is 6.17. The summed E-state index contributed by atoms with van der Waals surface area (Å²) in [5.74, 6) is 0. The lowest BCUT2D eigenvalue weighted by Gasteiger charge is -2.02. The van der Waals surface area contributed by atoms with Crippen molar-refractivity contribution >= 4 is 0 Å². The number of unbranched alkanes of at least 4 members (excludes halogenated alkanes) is 3. The molecule has 1 N–H and O–H groups in total. The van der Waals surface area contributed by atoms with Crippen molar-refractivity contribution in [3.63, 3.8) is 0 Å². The van der Waals surface area contributed by atoms with Crippen LogP contribution in [0.5, 0.6) is 0 Å². The minimum atomic E-state index is 0.998. The average Bonchev–Trinajstić information content (AvgIpc) is 2.69. The first kappa shape index (κ1) is 12.3. The van der Waals surface area contributed by atoms with Crippen LogP contribution in [0.1, 0.15) is 45.1 Å². The van der Waals surface area contributed by atoms with E-state index in [1.807, 2.05) is 0 Å². The molecule has 1 rings (SSSR count). The fourth-order valence-electron chi connectivity index (χ4n) is 1.72. The second-order valence-corrected chi connectivity index (χ2v) is 4.10. The highest BCUT2D eigenvalue weighted by Crippen LogP contribution is 2.05. The van der Waals surface area contributed by atoms with Crippen LogP contribution in [0.25, 0.3) is 0 Å². The fraction of sp³-hybridized carbons (Fsp3) is 0.692. The van der Waals surface area contributed by atoms with Gasteiger partial charge >= 0.3 is 0 Å². The van der Waals surface area contributed by atoms with E-state index < -0.39 is 0 Å². The highest BCUT2D eigenvalue weighted by molar-refractivity contribution is 5.09. The molecular weight excluding hydrogens is 184 g/mol. The van der Waals surface area contributed by atoms with Crippen LogP contribution < -0.4 is 5.32 Å². The standard InChI is InChI=1S/C13H24N2/c1-3-5-6-7-9-15-10-8-13(12-15)11-14-4-2/h8,10,12,14H,3-7,9,11H2,1-2H3. The van der Waals surface area contributed by atoms with Gasteiger partial charge in [0.1, 0.15) is 0 Å². The first-order chi connectivity index (χ1) is 7.36. The molecule has 86 valence electrons. The highest BCUT2D eigenvalue weighted by atomic mass is 14.9. The van der Waals surface area contributed by atoms with E-state index in [1.165, 1.54) is 37.8 Å². The van der Waals surface area contributed by atoms with E-state index in [2.05, 4.69) is 42.2 Å². The molecule has 0 aromatic carbocycles. The Morgan fingerprint density at radius 2 is 2.07 bits per heavy atom. The van der Waals surface area contributed by atoms with Crippen molar-refractivity contribution in [1.29, 1.82) is 0 Å². The van der Waals surface area contributed by atoms with E-state index in [4.69, 9.17) is 0 Å². The molecule has 0 aliphatic carbocycles. The Morgan fingerprint density at radius 1 is 1.20 bits per heavy atom. The van der Waals surface area contributed by atoms with Gasteiger partial charge in [-0.3, -0.25) is 0 Å². The second kappa shape index (κ2) is 7.52. The molecule has 0 bridgehead atoms. The molecule has 0 radical (unpaired) electrons. The maximum absolute atomic E-state index is 3.34. The molecule has 0 unspecified atom stereocenters. The largest absolute Gasteiger partial charge is 0.354 e. The third-order valence-electron chi connectivity index (χ3n) is 2.66. The molecule has 0 saturated heterocycles. The SMILES string of the molecule is CCCCCCn1ccc(CNCC)c1. The number of nitrogens with zero attached hydrogens (tertiary/aromatic N) is 1. The molecule has 0 atom stereocenters. The summed E-state index contributed by atoms with van der Waals surface area (Å²) in [7, 11) is 0. The van der Waals surface area contributed by atoms with Gasteiger partial charge in [0.05, 0.1) is 0 Å². The van der Waals surface area contributed by atoms with Gasteiger partial charge in [0.2, 0.25) is 0 Å². The summed E-state index contributed by atoms with van der Waals surface area (Å²) in [6.07, 6.45) is 9.80. The van der Waals surface area contributed by atoms with Crippen LogP contribution in [0.2, 0.25) is 0 Å². The van der Waals surface area contributed by atoms with Gasteiger partial charge in [0.15, 0.2) is 0 Å². The number of rotatable bonds is 8. The van der Waals surface area contributed by atoms with Crippen molar-refractivity contribution in [2.45, 2.75) is 52.6 Å². The van der Waals surface area contributed by atoms with Crippen LogP contribution in [-0.2, 0) is 13.1 Å². The van der Waals surface area contributed by atoms with Gasteiger partial charge in [-0.25, -0.2) is 0 Å². The molecular formula is C13H24N2. The van der Waals surface area contributed by atoms with Gasteiger partial charge in [-0.05, 0) is 24.6 Å². The molecule has 1 aromatic rings. The van der Waals surface area contributed by atoms with Gasteiger partial charge in [0.25, 0.3) is 0 Å². The molecule has 0 amide bonds. The molecule has 15 heavy (non-hydrogen) atoms. The summed E-state index contributed by atoms with van der Waals surface area (Å²) < 4.78 is 2.31. The Labute approximate surface area is 93.7 Å². The number of aromatic nitrogens is 1. The first-order valence-corrected chi connectivity index (χ1v) is 6.22. The molecule has 0 aliphatic heterocycles. The van der Waals surface area contributed by atoms with Crippen molar-refractivity contribution in [2.24, 2.45) is 0 Å².